The van der Waals surface area contributed by atoms with Crippen LogP contribution in [-0.2, 0) is 0 Å². The number of aliphatic hydroxyl groups is 1. The summed E-state index contributed by atoms with van der Waals surface area (Å²) in [6.45, 7) is 1.92. The molecular weight excluding hydrogens is 222 g/mol. The van der Waals surface area contributed by atoms with Gasteiger partial charge in [0.15, 0.2) is 0 Å². The Bertz CT molecular complexity index is 385. The molecule has 6 nitrogen and oxygen atoms in total. The van der Waals surface area contributed by atoms with Gasteiger partial charge in [-0.05, 0) is 24.8 Å². The van der Waals surface area contributed by atoms with E-state index in [-0.39, 0.29) is 12.3 Å². The number of nitro groups is 1. The summed E-state index contributed by atoms with van der Waals surface area (Å²) in [7, 11) is 0. The maximum atomic E-state index is 10.5. The highest BCUT2D eigenvalue weighted by molar-refractivity contribution is 5.43. The minimum Gasteiger partial charge on any atom is -0.396 e. The van der Waals surface area contributed by atoms with Crippen LogP contribution in [0.15, 0.2) is 18.3 Å². The van der Waals surface area contributed by atoms with Gasteiger partial charge < -0.3 is 10.0 Å². The summed E-state index contributed by atoms with van der Waals surface area (Å²) >= 11 is 0. The zero-order chi connectivity index (χ0) is 12.3. The van der Waals surface area contributed by atoms with E-state index in [2.05, 4.69) is 9.88 Å². The molecule has 0 bridgehead atoms. The van der Waals surface area contributed by atoms with Gasteiger partial charge in [-0.1, -0.05) is 0 Å². The van der Waals surface area contributed by atoms with E-state index in [1.807, 2.05) is 0 Å². The maximum absolute atomic E-state index is 10.5. The normalized spacial score (nSPS) is 17.1. The van der Waals surface area contributed by atoms with E-state index in [0.29, 0.717) is 5.92 Å². The molecule has 0 aliphatic carbocycles. The van der Waals surface area contributed by atoms with E-state index in [4.69, 9.17) is 5.11 Å². The average molecular weight is 237 g/mol. The summed E-state index contributed by atoms with van der Waals surface area (Å²) in [4.78, 5) is 16.2. The minimum atomic E-state index is -0.450. The van der Waals surface area contributed by atoms with Crippen molar-refractivity contribution in [3.63, 3.8) is 0 Å². The molecule has 1 aliphatic heterocycles. The van der Waals surface area contributed by atoms with Crippen LogP contribution in [0, 0.1) is 16.0 Å². The largest absolute Gasteiger partial charge is 0.396 e. The Morgan fingerprint density at radius 1 is 1.47 bits per heavy atom. The van der Waals surface area contributed by atoms with Crippen LogP contribution in [0.25, 0.3) is 0 Å². The van der Waals surface area contributed by atoms with Crippen molar-refractivity contribution in [1.29, 1.82) is 0 Å². The monoisotopic (exact) mass is 237 g/mol. The lowest BCUT2D eigenvalue weighted by atomic mass is 9.98. The third-order valence-corrected chi connectivity index (χ3v) is 3.14. The van der Waals surface area contributed by atoms with Crippen LogP contribution in [0.4, 0.5) is 11.5 Å². The first kappa shape index (κ1) is 11.8. The molecule has 1 aromatic heterocycles. The Hall–Kier alpha value is -1.69. The van der Waals surface area contributed by atoms with Crippen molar-refractivity contribution < 1.29 is 10.0 Å². The molecule has 0 spiro atoms. The van der Waals surface area contributed by atoms with Crippen LogP contribution in [0.5, 0.6) is 0 Å². The number of piperidine rings is 1. The SMILES string of the molecule is O=[N+]([O-])c1ccc(N2CCC(CO)CC2)nc1. The van der Waals surface area contributed by atoms with Crippen molar-refractivity contribution in [2.24, 2.45) is 5.92 Å². The van der Waals surface area contributed by atoms with Crippen LogP contribution >= 0.6 is 0 Å². The number of rotatable bonds is 3. The lowest BCUT2D eigenvalue weighted by Gasteiger charge is -2.31. The molecular formula is C11H15N3O3. The smallest absolute Gasteiger partial charge is 0.287 e. The second-order valence-corrected chi connectivity index (χ2v) is 4.24. The summed E-state index contributed by atoms with van der Waals surface area (Å²) < 4.78 is 0. The van der Waals surface area contributed by atoms with Crippen LogP contribution in [0.3, 0.4) is 0 Å². The number of hydrogen-bond acceptors (Lipinski definition) is 5. The summed E-state index contributed by atoms with van der Waals surface area (Å²) in [5.41, 5.74) is 0.0130. The summed E-state index contributed by atoms with van der Waals surface area (Å²) in [5.74, 6) is 1.15. The van der Waals surface area contributed by atoms with Crippen molar-refractivity contribution in [2.45, 2.75) is 12.8 Å². The lowest BCUT2D eigenvalue weighted by Crippen LogP contribution is -2.35. The maximum Gasteiger partial charge on any atom is 0.287 e. The van der Waals surface area contributed by atoms with Gasteiger partial charge in [0.05, 0.1) is 4.92 Å². The van der Waals surface area contributed by atoms with Crippen molar-refractivity contribution in [2.75, 3.05) is 24.6 Å². The van der Waals surface area contributed by atoms with Crippen molar-refractivity contribution in [3.05, 3.63) is 28.4 Å². The number of pyridine rings is 1. The van der Waals surface area contributed by atoms with E-state index in [0.717, 1.165) is 31.7 Å². The van der Waals surface area contributed by atoms with Crippen LogP contribution in [0.2, 0.25) is 0 Å². The first-order valence-corrected chi connectivity index (χ1v) is 5.67. The first-order valence-electron chi connectivity index (χ1n) is 5.67. The van der Waals surface area contributed by atoms with Crippen LogP contribution < -0.4 is 4.90 Å². The standard InChI is InChI=1S/C11H15N3O3/c15-8-9-3-5-13(6-4-9)11-2-1-10(7-12-11)14(16)17/h1-2,7,9,15H,3-6,8H2. The fourth-order valence-electron chi connectivity index (χ4n) is 2.02. The third kappa shape index (κ3) is 2.71. The second kappa shape index (κ2) is 5.09. The van der Waals surface area contributed by atoms with Gasteiger partial charge in [-0.15, -0.1) is 0 Å². The molecule has 6 heteroatoms. The van der Waals surface area contributed by atoms with Crippen LogP contribution in [-0.4, -0.2) is 34.7 Å². The lowest BCUT2D eigenvalue weighted by molar-refractivity contribution is -0.385. The summed E-state index contributed by atoms with van der Waals surface area (Å²) in [6.07, 6.45) is 3.16. The summed E-state index contributed by atoms with van der Waals surface area (Å²) in [6, 6.07) is 3.15. The number of anilines is 1. The minimum absolute atomic E-state index is 0.0130. The Morgan fingerprint density at radius 3 is 2.65 bits per heavy atom. The Morgan fingerprint density at radius 2 is 2.18 bits per heavy atom. The number of nitrogens with zero attached hydrogens (tertiary/aromatic N) is 3. The van der Waals surface area contributed by atoms with Gasteiger partial charge in [0, 0.05) is 25.8 Å². The van der Waals surface area contributed by atoms with Gasteiger partial charge in [0.1, 0.15) is 12.0 Å². The molecule has 1 aliphatic rings. The zero-order valence-corrected chi connectivity index (χ0v) is 9.45. The van der Waals surface area contributed by atoms with Crippen molar-refractivity contribution in [3.8, 4) is 0 Å². The molecule has 17 heavy (non-hydrogen) atoms. The van der Waals surface area contributed by atoms with E-state index < -0.39 is 4.92 Å². The molecule has 1 N–H and O–H groups in total. The quantitative estimate of drug-likeness (QED) is 0.631. The average Bonchev–Trinajstić information content (AvgIpc) is 2.39. The highest BCUT2D eigenvalue weighted by atomic mass is 16.6. The van der Waals surface area contributed by atoms with E-state index in [1.165, 1.54) is 12.3 Å². The van der Waals surface area contributed by atoms with E-state index in [9.17, 15) is 10.1 Å². The zero-order valence-electron chi connectivity index (χ0n) is 9.45. The van der Waals surface area contributed by atoms with Gasteiger partial charge in [0.25, 0.3) is 5.69 Å². The van der Waals surface area contributed by atoms with E-state index in [1.54, 1.807) is 6.07 Å². The number of hydrogen-bond donors (Lipinski definition) is 1. The molecule has 92 valence electrons. The van der Waals surface area contributed by atoms with Crippen molar-refractivity contribution >= 4 is 11.5 Å². The number of aromatic nitrogens is 1. The van der Waals surface area contributed by atoms with Crippen molar-refractivity contribution in [1.82, 2.24) is 4.98 Å². The molecule has 0 unspecified atom stereocenters. The Kier molecular flexibility index (Phi) is 3.53. The van der Waals surface area contributed by atoms with Gasteiger partial charge in [-0.2, -0.15) is 0 Å². The van der Waals surface area contributed by atoms with Gasteiger partial charge in [0.2, 0.25) is 0 Å². The molecule has 0 aromatic carbocycles. The third-order valence-electron chi connectivity index (χ3n) is 3.14. The predicted molar refractivity (Wildman–Crippen MR) is 62.9 cm³/mol. The van der Waals surface area contributed by atoms with Gasteiger partial charge >= 0.3 is 0 Å². The first-order chi connectivity index (χ1) is 8.20. The topological polar surface area (TPSA) is 79.5 Å². The molecule has 1 fully saturated rings. The van der Waals surface area contributed by atoms with Gasteiger partial charge in [-0.3, -0.25) is 10.1 Å². The van der Waals surface area contributed by atoms with E-state index >= 15 is 0 Å². The molecule has 0 atom stereocenters. The Balaban J connectivity index is 2.01. The predicted octanol–water partition coefficient (Wildman–Crippen LogP) is 1.20. The highest BCUT2D eigenvalue weighted by Gasteiger charge is 2.19. The van der Waals surface area contributed by atoms with Crippen LogP contribution in [0.1, 0.15) is 12.8 Å². The summed E-state index contributed by atoms with van der Waals surface area (Å²) in [5, 5.41) is 19.5. The Labute approximate surface area is 99.0 Å². The molecule has 1 saturated heterocycles. The highest BCUT2D eigenvalue weighted by Crippen LogP contribution is 2.22. The molecule has 1 aromatic rings. The molecule has 0 amide bonds. The van der Waals surface area contributed by atoms with Gasteiger partial charge in [-0.25, -0.2) is 4.98 Å². The number of aliphatic hydroxyl groups excluding tert-OH is 1. The molecule has 2 rings (SSSR count). The fourth-order valence-corrected chi connectivity index (χ4v) is 2.02. The second-order valence-electron chi connectivity index (χ2n) is 4.24. The molecule has 0 radical (unpaired) electrons. The molecule has 2 heterocycles. The molecule has 0 saturated carbocycles. The fraction of sp³-hybridized carbons (Fsp3) is 0.545.